The Bertz CT molecular complexity index is 643. The zero-order chi connectivity index (χ0) is 15.2. The van der Waals surface area contributed by atoms with Gasteiger partial charge in [0.25, 0.3) is 0 Å². The number of thioether (sulfide) groups is 1. The highest BCUT2D eigenvalue weighted by atomic mass is 32.2. The molecule has 0 amide bonds. The first kappa shape index (κ1) is 15.3. The van der Waals surface area contributed by atoms with E-state index in [-0.39, 0.29) is 5.97 Å². The molecule has 2 aromatic carbocycles. The topological polar surface area (TPSA) is 61.5 Å². The molecular weight excluding hydrogens is 286 g/mol. The number of carbonyl (C=O) groups is 1. The summed E-state index contributed by atoms with van der Waals surface area (Å²) >= 11 is 1.63. The van der Waals surface area contributed by atoms with Crippen LogP contribution >= 0.6 is 11.8 Å². The van der Waals surface area contributed by atoms with Crippen molar-refractivity contribution in [2.45, 2.75) is 10.6 Å². The van der Waals surface area contributed by atoms with Gasteiger partial charge in [0.05, 0.1) is 19.8 Å². The average molecular weight is 303 g/mol. The van der Waals surface area contributed by atoms with E-state index in [0.29, 0.717) is 11.3 Å². The van der Waals surface area contributed by atoms with Crippen molar-refractivity contribution >= 4 is 23.4 Å². The molecule has 2 N–H and O–H groups in total. The maximum Gasteiger partial charge on any atom is 0.337 e. The van der Waals surface area contributed by atoms with E-state index in [9.17, 15) is 4.79 Å². The van der Waals surface area contributed by atoms with Crippen LogP contribution in [0.15, 0.2) is 47.4 Å². The monoisotopic (exact) mass is 303 g/mol. The summed E-state index contributed by atoms with van der Waals surface area (Å²) in [6.07, 6.45) is 0. The smallest absolute Gasteiger partial charge is 0.337 e. The van der Waals surface area contributed by atoms with E-state index >= 15 is 0 Å². The number of nitrogens with two attached hydrogens (primary N) is 1. The Kier molecular flexibility index (Phi) is 5.11. The normalized spacial score (nSPS) is 10.2. The molecule has 110 valence electrons. The molecule has 0 bridgehead atoms. The molecule has 0 aliphatic rings. The highest BCUT2D eigenvalue weighted by Gasteiger charge is 2.08. The van der Waals surface area contributed by atoms with Gasteiger partial charge in [-0.1, -0.05) is 12.1 Å². The average Bonchev–Trinajstić information content (AvgIpc) is 2.53. The van der Waals surface area contributed by atoms with Gasteiger partial charge in [-0.2, -0.15) is 0 Å². The van der Waals surface area contributed by atoms with Crippen LogP contribution in [0.5, 0.6) is 5.75 Å². The fourth-order valence-corrected chi connectivity index (χ4v) is 2.82. The van der Waals surface area contributed by atoms with Crippen LogP contribution in [0.1, 0.15) is 15.9 Å². The van der Waals surface area contributed by atoms with Crippen molar-refractivity contribution < 1.29 is 14.3 Å². The van der Waals surface area contributed by atoms with E-state index in [1.807, 2.05) is 30.3 Å². The molecule has 2 rings (SSSR count). The molecule has 0 saturated carbocycles. The standard InChI is InChI=1S/C16H17NO3S/c1-19-14-9-13(17)6-7-15(14)21-10-11-4-3-5-12(8-11)16(18)20-2/h3-9H,10,17H2,1-2H3. The number of carbonyl (C=O) groups excluding carboxylic acids is 1. The second-order valence-electron chi connectivity index (χ2n) is 4.39. The van der Waals surface area contributed by atoms with Crippen molar-refractivity contribution in [3.05, 3.63) is 53.6 Å². The number of hydrogen-bond acceptors (Lipinski definition) is 5. The van der Waals surface area contributed by atoms with Crippen LogP contribution in [0, 0.1) is 0 Å². The highest BCUT2D eigenvalue weighted by molar-refractivity contribution is 7.98. The summed E-state index contributed by atoms with van der Waals surface area (Å²) in [6, 6.07) is 13.0. The third kappa shape index (κ3) is 3.92. The summed E-state index contributed by atoms with van der Waals surface area (Å²) in [5.74, 6) is 1.15. The number of nitrogen functional groups attached to an aromatic ring is 1. The Labute approximate surface area is 128 Å². The molecular formula is C16H17NO3S. The van der Waals surface area contributed by atoms with Gasteiger partial charge in [-0.15, -0.1) is 11.8 Å². The van der Waals surface area contributed by atoms with Gasteiger partial charge in [0.1, 0.15) is 5.75 Å². The summed E-state index contributed by atoms with van der Waals surface area (Å²) in [4.78, 5) is 12.5. The summed E-state index contributed by atoms with van der Waals surface area (Å²) in [7, 11) is 3.00. The van der Waals surface area contributed by atoms with Crippen molar-refractivity contribution in [2.75, 3.05) is 20.0 Å². The Morgan fingerprint density at radius 3 is 2.71 bits per heavy atom. The minimum atomic E-state index is -0.327. The van der Waals surface area contributed by atoms with Gasteiger partial charge in [0.2, 0.25) is 0 Å². The molecule has 0 heterocycles. The zero-order valence-electron chi connectivity index (χ0n) is 12.0. The Hall–Kier alpha value is -2.14. The van der Waals surface area contributed by atoms with Crippen LogP contribution in [0.2, 0.25) is 0 Å². The number of benzene rings is 2. The Morgan fingerprint density at radius 2 is 2.00 bits per heavy atom. The zero-order valence-corrected chi connectivity index (χ0v) is 12.8. The number of anilines is 1. The molecule has 0 aromatic heterocycles. The van der Waals surface area contributed by atoms with Crippen LogP contribution < -0.4 is 10.5 Å². The molecule has 0 fully saturated rings. The third-order valence-electron chi connectivity index (χ3n) is 2.93. The fraction of sp³-hybridized carbons (Fsp3) is 0.188. The molecule has 4 nitrogen and oxygen atoms in total. The molecule has 21 heavy (non-hydrogen) atoms. The molecule has 0 unspecified atom stereocenters. The molecule has 0 radical (unpaired) electrons. The molecule has 0 saturated heterocycles. The van der Waals surface area contributed by atoms with Gasteiger partial charge >= 0.3 is 5.97 Å². The van der Waals surface area contributed by atoms with Crippen molar-refractivity contribution in [3.8, 4) is 5.75 Å². The molecule has 0 aliphatic heterocycles. The quantitative estimate of drug-likeness (QED) is 0.521. The maximum atomic E-state index is 11.5. The second kappa shape index (κ2) is 7.04. The lowest BCUT2D eigenvalue weighted by atomic mass is 10.1. The van der Waals surface area contributed by atoms with Gasteiger partial charge < -0.3 is 15.2 Å². The van der Waals surface area contributed by atoms with Crippen LogP contribution in [0.3, 0.4) is 0 Å². The molecule has 5 heteroatoms. The minimum Gasteiger partial charge on any atom is -0.496 e. The van der Waals surface area contributed by atoms with Crippen LogP contribution in [-0.4, -0.2) is 20.2 Å². The summed E-state index contributed by atoms with van der Waals surface area (Å²) in [6.45, 7) is 0. The molecule has 0 spiro atoms. The molecule has 2 aromatic rings. The van der Waals surface area contributed by atoms with E-state index in [1.54, 1.807) is 31.0 Å². The first-order valence-electron chi connectivity index (χ1n) is 6.37. The van der Waals surface area contributed by atoms with Crippen LogP contribution in [0.25, 0.3) is 0 Å². The summed E-state index contributed by atoms with van der Waals surface area (Å²) in [5.41, 5.74) is 8.01. The first-order chi connectivity index (χ1) is 10.1. The van der Waals surface area contributed by atoms with Gasteiger partial charge in [-0.3, -0.25) is 0 Å². The van der Waals surface area contributed by atoms with Crippen molar-refractivity contribution in [3.63, 3.8) is 0 Å². The lowest BCUT2D eigenvalue weighted by Crippen LogP contribution is -2.01. The van der Waals surface area contributed by atoms with E-state index in [2.05, 4.69) is 0 Å². The lowest BCUT2D eigenvalue weighted by molar-refractivity contribution is 0.0600. The number of esters is 1. The van der Waals surface area contributed by atoms with E-state index in [0.717, 1.165) is 22.0 Å². The van der Waals surface area contributed by atoms with Crippen molar-refractivity contribution in [1.29, 1.82) is 0 Å². The number of rotatable bonds is 5. The van der Waals surface area contributed by atoms with Crippen molar-refractivity contribution in [1.82, 2.24) is 0 Å². The van der Waals surface area contributed by atoms with Crippen molar-refractivity contribution in [2.24, 2.45) is 0 Å². The lowest BCUT2D eigenvalue weighted by Gasteiger charge is -2.09. The number of ether oxygens (including phenoxy) is 2. The van der Waals surface area contributed by atoms with Gasteiger partial charge in [-0.25, -0.2) is 4.79 Å². The highest BCUT2D eigenvalue weighted by Crippen LogP contribution is 2.33. The number of hydrogen-bond donors (Lipinski definition) is 1. The third-order valence-corrected chi connectivity index (χ3v) is 4.06. The predicted octanol–water partition coefficient (Wildman–Crippen LogP) is 3.36. The van der Waals surface area contributed by atoms with Crippen LogP contribution in [0.4, 0.5) is 5.69 Å². The predicted molar refractivity (Wildman–Crippen MR) is 84.7 cm³/mol. The Balaban J connectivity index is 2.11. The van der Waals surface area contributed by atoms with Gasteiger partial charge in [0, 0.05) is 22.4 Å². The molecule has 0 aliphatic carbocycles. The largest absolute Gasteiger partial charge is 0.496 e. The van der Waals surface area contributed by atoms with E-state index in [4.69, 9.17) is 15.2 Å². The summed E-state index contributed by atoms with van der Waals surface area (Å²) < 4.78 is 10.0. The first-order valence-corrected chi connectivity index (χ1v) is 7.36. The van der Waals surface area contributed by atoms with E-state index in [1.165, 1.54) is 7.11 Å². The fourth-order valence-electron chi connectivity index (χ4n) is 1.87. The van der Waals surface area contributed by atoms with Gasteiger partial charge in [-0.05, 0) is 29.8 Å². The maximum absolute atomic E-state index is 11.5. The second-order valence-corrected chi connectivity index (χ2v) is 5.41. The van der Waals surface area contributed by atoms with E-state index < -0.39 is 0 Å². The van der Waals surface area contributed by atoms with Crippen LogP contribution in [-0.2, 0) is 10.5 Å². The Morgan fingerprint density at radius 1 is 1.19 bits per heavy atom. The summed E-state index contributed by atoms with van der Waals surface area (Å²) in [5, 5.41) is 0. The minimum absolute atomic E-state index is 0.327. The molecule has 0 atom stereocenters. The SMILES string of the molecule is COC(=O)c1cccc(CSc2ccc(N)cc2OC)c1. The number of methoxy groups -OCH3 is 2. The van der Waals surface area contributed by atoms with Gasteiger partial charge in [0.15, 0.2) is 0 Å².